The van der Waals surface area contributed by atoms with E-state index in [1.165, 1.54) is 16.9 Å². The van der Waals surface area contributed by atoms with Crippen LogP contribution in [0.4, 0.5) is 5.13 Å². The summed E-state index contributed by atoms with van der Waals surface area (Å²) < 4.78 is 1.16. The summed E-state index contributed by atoms with van der Waals surface area (Å²) in [5, 5.41) is 0.617. The molecule has 0 radical (unpaired) electrons. The van der Waals surface area contributed by atoms with Crippen molar-refractivity contribution in [1.82, 2.24) is 19.9 Å². The van der Waals surface area contributed by atoms with E-state index in [9.17, 15) is 0 Å². The fourth-order valence-electron chi connectivity index (χ4n) is 2.17. The molecule has 2 N–H and O–H groups in total. The Balaban J connectivity index is 0.000000220. The van der Waals surface area contributed by atoms with E-state index in [0.29, 0.717) is 5.13 Å². The fraction of sp³-hybridized carbons (Fsp3) is 0.0588. The lowest BCUT2D eigenvalue weighted by molar-refractivity contribution is 1.20. The Morgan fingerprint density at radius 1 is 0.913 bits per heavy atom. The predicted octanol–water partition coefficient (Wildman–Crippen LogP) is 3.73. The van der Waals surface area contributed by atoms with Crippen molar-refractivity contribution in [3.63, 3.8) is 0 Å². The smallest absolute Gasteiger partial charge is 0.181 e. The van der Waals surface area contributed by atoms with Gasteiger partial charge < -0.3 is 5.73 Å². The van der Waals surface area contributed by atoms with Crippen LogP contribution in [0, 0.1) is 6.92 Å². The van der Waals surface area contributed by atoms with Crippen LogP contribution in [0.15, 0.2) is 61.4 Å². The number of nitrogens with two attached hydrogens (primary N) is 1. The van der Waals surface area contributed by atoms with Crippen LogP contribution in [0.1, 0.15) is 5.56 Å². The average molecular weight is 321 g/mol. The number of hydrogen-bond donors (Lipinski definition) is 1. The van der Waals surface area contributed by atoms with Crippen LogP contribution < -0.4 is 5.73 Å². The molecule has 4 aromatic rings. The van der Waals surface area contributed by atoms with Crippen molar-refractivity contribution >= 4 is 26.7 Å². The summed E-state index contributed by atoms with van der Waals surface area (Å²) in [6.07, 6.45) is 10.2. The predicted molar refractivity (Wildman–Crippen MR) is 94.0 cm³/mol. The van der Waals surface area contributed by atoms with E-state index in [0.717, 1.165) is 21.3 Å². The van der Waals surface area contributed by atoms with Gasteiger partial charge in [-0.3, -0.25) is 15.0 Å². The SMILES string of the molecule is Cc1cc(-c2cccnc2)cc2nc(N)sc12.c1cnccn1. The van der Waals surface area contributed by atoms with Crippen molar-refractivity contribution in [2.45, 2.75) is 6.92 Å². The number of benzene rings is 1. The summed E-state index contributed by atoms with van der Waals surface area (Å²) in [5.74, 6) is 0. The molecule has 5 nitrogen and oxygen atoms in total. The lowest BCUT2D eigenvalue weighted by atomic mass is 10.0. The number of nitrogen functional groups attached to an aromatic ring is 1. The first-order valence-electron chi connectivity index (χ1n) is 7.01. The molecular formula is C17H15N5S. The van der Waals surface area contributed by atoms with Crippen molar-refractivity contribution in [2.75, 3.05) is 5.73 Å². The molecule has 3 aromatic heterocycles. The molecule has 3 heterocycles. The first kappa shape index (κ1) is 15.1. The van der Waals surface area contributed by atoms with Crippen LogP contribution in [-0.2, 0) is 0 Å². The third-order valence-corrected chi connectivity index (χ3v) is 4.20. The Hall–Kier alpha value is -2.86. The molecule has 0 fully saturated rings. The van der Waals surface area contributed by atoms with Gasteiger partial charge in [0.1, 0.15) is 0 Å². The van der Waals surface area contributed by atoms with Gasteiger partial charge in [-0.1, -0.05) is 17.4 Å². The Labute approximate surface area is 137 Å². The molecule has 0 amide bonds. The van der Waals surface area contributed by atoms with Gasteiger partial charge in [0.2, 0.25) is 0 Å². The second-order valence-electron chi connectivity index (χ2n) is 4.83. The van der Waals surface area contributed by atoms with Gasteiger partial charge in [0.05, 0.1) is 10.2 Å². The molecule has 0 atom stereocenters. The minimum atomic E-state index is 0.617. The molecule has 4 rings (SSSR count). The van der Waals surface area contributed by atoms with Gasteiger partial charge in [-0.05, 0) is 36.2 Å². The van der Waals surface area contributed by atoms with Crippen molar-refractivity contribution in [1.29, 1.82) is 0 Å². The number of fused-ring (bicyclic) bond motifs is 1. The lowest BCUT2D eigenvalue weighted by Gasteiger charge is -2.02. The fourth-order valence-corrected chi connectivity index (χ4v) is 2.95. The maximum atomic E-state index is 5.74. The van der Waals surface area contributed by atoms with Crippen LogP contribution in [0.5, 0.6) is 0 Å². The standard InChI is InChI=1S/C13H11N3S.C4H4N2/c1-8-5-10(9-3-2-4-15-7-9)6-11-12(8)17-13(14)16-11;1-2-6-4-3-5-1/h2-7H,1H3,(H2,14,16);1-4H. The van der Waals surface area contributed by atoms with Crippen molar-refractivity contribution in [2.24, 2.45) is 0 Å². The topological polar surface area (TPSA) is 77.6 Å². The molecule has 6 heteroatoms. The van der Waals surface area contributed by atoms with Gasteiger partial charge in [-0.25, -0.2) is 4.98 Å². The molecular weight excluding hydrogens is 306 g/mol. The van der Waals surface area contributed by atoms with Crippen LogP contribution in [-0.4, -0.2) is 19.9 Å². The van der Waals surface area contributed by atoms with Gasteiger partial charge in [-0.15, -0.1) is 0 Å². The van der Waals surface area contributed by atoms with Gasteiger partial charge in [0, 0.05) is 42.7 Å². The number of aromatic nitrogens is 4. The molecule has 114 valence electrons. The summed E-state index contributed by atoms with van der Waals surface area (Å²) in [6.45, 7) is 2.08. The van der Waals surface area contributed by atoms with Gasteiger partial charge in [0.25, 0.3) is 0 Å². The molecule has 0 aliphatic heterocycles. The number of pyridine rings is 1. The monoisotopic (exact) mass is 321 g/mol. The average Bonchev–Trinajstić information content (AvgIpc) is 2.99. The molecule has 0 unspecified atom stereocenters. The normalized spacial score (nSPS) is 10.1. The Morgan fingerprint density at radius 2 is 1.65 bits per heavy atom. The Kier molecular flexibility index (Phi) is 4.54. The highest BCUT2D eigenvalue weighted by molar-refractivity contribution is 7.22. The zero-order valence-corrected chi connectivity index (χ0v) is 13.4. The maximum Gasteiger partial charge on any atom is 0.181 e. The van der Waals surface area contributed by atoms with Crippen LogP contribution in [0.25, 0.3) is 21.3 Å². The first-order chi connectivity index (χ1) is 11.2. The Morgan fingerprint density at radius 3 is 2.26 bits per heavy atom. The van der Waals surface area contributed by atoms with Crippen LogP contribution in [0.3, 0.4) is 0 Å². The molecule has 23 heavy (non-hydrogen) atoms. The highest BCUT2D eigenvalue weighted by atomic mass is 32.1. The second kappa shape index (κ2) is 6.93. The molecule has 1 aromatic carbocycles. The summed E-state index contributed by atoms with van der Waals surface area (Å²) in [5.41, 5.74) is 10.1. The number of anilines is 1. The van der Waals surface area contributed by atoms with E-state index in [2.05, 4.69) is 39.0 Å². The zero-order valence-electron chi connectivity index (χ0n) is 12.5. The second-order valence-corrected chi connectivity index (χ2v) is 5.86. The summed E-state index contributed by atoms with van der Waals surface area (Å²) in [7, 11) is 0. The van der Waals surface area contributed by atoms with Crippen molar-refractivity contribution in [3.05, 3.63) is 67.0 Å². The van der Waals surface area contributed by atoms with Crippen molar-refractivity contribution < 1.29 is 0 Å². The van der Waals surface area contributed by atoms with E-state index >= 15 is 0 Å². The van der Waals surface area contributed by atoms with E-state index in [1.807, 2.05) is 18.3 Å². The van der Waals surface area contributed by atoms with Gasteiger partial charge in [-0.2, -0.15) is 0 Å². The Bertz CT molecular complexity index is 864. The van der Waals surface area contributed by atoms with E-state index in [1.54, 1.807) is 31.0 Å². The number of aryl methyl sites for hydroxylation is 1. The summed E-state index contributed by atoms with van der Waals surface area (Å²) >= 11 is 1.53. The molecule has 0 bridgehead atoms. The first-order valence-corrected chi connectivity index (χ1v) is 7.83. The summed E-state index contributed by atoms with van der Waals surface area (Å²) in [6, 6.07) is 8.19. The number of hydrogen-bond acceptors (Lipinski definition) is 6. The van der Waals surface area contributed by atoms with Crippen molar-refractivity contribution in [3.8, 4) is 11.1 Å². The zero-order chi connectivity index (χ0) is 16.1. The number of nitrogens with zero attached hydrogens (tertiary/aromatic N) is 4. The quantitative estimate of drug-likeness (QED) is 0.578. The third kappa shape index (κ3) is 3.67. The van der Waals surface area contributed by atoms with Crippen LogP contribution in [0.2, 0.25) is 0 Å². The highest BCUT2D eigenvalue weighted by Gasteiger charge is 2.07. The van der Waals surface area contributed by atoms with Gasteiger partial charge >= 0.3 is 0 Å². The third-order valence-electron chi connectivity index (χ3n) is 3.16. The minimum Gasteiger partial charge on any atom is -0.375 e. The minimum absolute atomic E-state index is 0.617. The van der Waals surface area contributed by atoms with E-state index < -0.39 is 0 Å². The highest BCUT2D eigenvalue weighted by Crippen LogP contribution is 2.31. The van der Waals surface area contributed by atoms with E-state index in [4.69, 9.17) is 5.73 Å². The number of thiazole rings is 1. The summed E-state index contributed by atoms with van der Waals surface area (Å²) in [4.78, 5) is 15.9. The largest absolute Gasteiger partial charge is 0.375 e. The van der Waals surface area contributed by atoms with Gasteiger partial charge in [0.15, 0.2) is 5.13 Å². The lowest BCUT2D eigenvalue weighted by Crippen LogP contribution is -1.83. The van der Waals surface area contributed by atoms with Crippen LogP contribution >= 0.6 is 11.3 Å². The molecule has 0 saturated heterocycles. The molecule has 0 aliphatic carbocycles. The maximum absolute atomic E-state index is 5.74. The molecule has 0 spiro atoms. The van der Waals surface area contributed by atoms with E-state index in [-0.39, 0.29) is 0 Å². The molecule has 0 saturated carbocycles. The number of rotatable bonds is 1. The molecule has 0 aliphatic rings.